The predicted molar refractivity (Wildman–Crippen MR) is 176 cm³/mol. The lowest BCUT2D eigenvalue weighted by Crippen LogP contribution is -2.25. The summed E-state index contributed by atoms with van der Waals surface area (Å²) in [6, 6.07) is 22.2. The van der Waals surface area contributed by atoms with Gasteiger partial charge in [-0.15, -0.1) is 0 Å². The van der Waals surface area contributed by atoms with Crippen LogP contribution >= 0.6 is 0 Å². The van der Waals surface area contributed by atoms with Gasteiger partial charge < -0.3 is 24.1 Å². The molecule has 0 spiro atoms. The zero-order valence-corrected chi connectivity index (χ0v) is 26.6. The molecule has 1 aliphatic carbocycles. The zero-order chi connectivity index (χ0) is 32.7. The Morgan fingerprint density at radius 1 is 1.04 bits per heavy atom. The number of hydrogen-bond donors (Lipinski definition) is 1. The Bertz CT molecular complexity index is 1970. The highest BCUT2D eigenvalue weighted by Gasteiger charge is 2.33. The molecule has 1 unspecified atom stereocenters. The number of halogens is 1. The van der Waals surface area contributed by atoms with Gasteiger partial charge in [-0.1, -0.05) is 30.3 Å². The summed E-state index contributed by atoms with van der Waals surface area (Å²) in [5.41, 5.74) is 4.51. The summed E-state index contributed by atoms with van der Waals surface area (Å²) in [4.78, 5) is 31.2. The number of amides is 1. The largest absolute Gasteiger partial charge is 0.491 e. The van der Waals surface area contributed by atoms with Crippen molar-refractivity contribution >= 4 is 22.6 Å². The van der Waals surface area contributed by atoms with Crippen LogP contribution in [0.1, 0.15) is 64.1 Å². The van der Waals surface area contributed by atoms with Crippen LogP contribution in [0.5, 0.6) is 5.75 Å². The first-order valence-electron chi connectivity index (χ1n) is 15.9. The van der Waals surface area contributed by atoms with E-state index in [-0.39, 0.29) is 29.4 Å². The van der Waals surface area contributed by atoms with Crippen LogP contribution in [-0.4, -0.2) is 52.4 Å². The Kier molecular flexibility index (Phi) is 8.11. The van der Waals surface area contributed by atoms with Crippen molar-refractivity contribution in [2.45, 2.75) is 58.1 Å². The van der Waals surface area contributed by atoms with Gasteiger partial charge in [-0.05, 0) is 81.1 Å². The fourth-order valence-electron chi connectivity index (χ4n) is 5.90. The molecule has 3 heterocycles. The van der Waals surface area contributed by atoms with Gasteiger partial charge >= 0.3 is 0 Å². The highest BCUT2D eigenvalue weighted by atomic mass is 19.1. The quantitative estimate of drug-likeness (QED) is 0.169. The SMILES string of the molecule is Cc1c(F)cc(C(=O)NC2CC2)cc1-c1ccc(C(=O)c2cn(Cc3ccccc3)c3cc(OCC4COC(C)(C)O4)ccc23)cn1. The van der Waals surface area contributed by atoms with Crippen LogP contribution in [0, 0.1) is 12.7 Å². The third kappa shape index (κ3) is 6.68. The third-order valence-electron chi connectivity index (χ3n) is 8.62. The fourth-order valence-corrected chi connectivity index (χ4v) is 5.90. The summed E-state index contributed by atoms with van der Waals surface area (Å²) in [5.74, 6) is -0.930. The molecular weight excluding hydrogens is 597 g/mol. The van der Waals surface area contributed by atoms with Gasteiger partial charge in [0.05, 0.1) is 17.8 Å². The molecule has 0 radical (unpaired) electrons. The van der Waals surface area contributed by atoms with Crippen molar-refractivity contribution in [3.8, 4) is 17.0 Å². The van der Waals surface area contributed by atoms with E-state index in [2.05, 4.69) is 14.9 Å². The van der Waals surface area contributed by atoms with E-state index in [0.29, 0.717) is 53.5 Å². The normalized spacial score (nSPS) is 17.1. The standard InChI is InChI=1S/C38H36FN3O5/c1-23-31(15-26(16-33(23)39)37(44)41-27-10-11-27)34-14-9-25(18-40-34)36(43)32-20-42(19-24-7-5-4-6-8-24)35-17-28(12-13-30(32)35)45-21-29-22-46-38(2,3)47-29/h4-9,12-18,20,27,29H,10-11,19,21-22H2,1-3H3,(H,41,44). The first-order valence-corrected chi connectivity index (χ1v) is 15.9. The number of benzene rings is 3. The number of nitrogens with zero attached hydrogens (tertiary/aromatic N) is 2. The van der Waals surface area contributed by atoms with E-state index in [1.807, 2.05) is 68.6 Å². The van der Waals surface area contributed by atoms with Gasteiger partial charge in [-0.2, -0.15) is 0 Å². The molecule has 7 rings (SSSR count). The highest BCUT2D eigenvalue weighted by Crippen LogP contribution is 2.31. The minimum atomic E-state index is -0.629. The Morgan fingerprint density at radius 3 is 2.55 bits per heavy atom. The van der Waals surface area contributed by atoms with E-state index < -0.39 is 11.6 Å². The lowest BCUT2D eigenvalue weighted by Gasteiger charge is -2.17. The van der Waals surface area contributed by atoms with Gasteiger partial charge in [0, 0.05) is 58.7 Å². The van der Waals surface area contributed by atoms with Gasteiger partial charge in [0.1, 0.15) is 24.3 Å². The fraction of sp³-hybridized carbons (Fsp3) is 0.289. The van der Waals surface area contributed by atoms with Crippen LogP contribution in [0.4, 0.5) is 4.39 Å². The van der Waals surface area contributed by atoms with Gasteiger partial charge in [-0.3, -0.25) is 14.6 Å². The molecule has 2 fully saturated rings. The minimum absolute atomic E-state index is 0.158. The van der Waals surface area contributed by atoms with Crippen molar-refractivity contribution in [3.05, 3.63) is 119 Å². The second kappa shape index (κ2) is 12.4. The zero-order valence-electron chi connectivity index (χ0n) is 26.6. The molecule has 47 heavy (non-hydrogen) atoms. The van der Waals surface area contributed by atoms with Crippen LogP contribution < -0.4 is 10.1 Å². The number of ether oxygens (including phenoxy) is 3. The van der Waals surface area contributed by atoms with Crippen molar-refractivity contribution in [2.24, 2.45) is 0 Å². The average molecular weight is 634 g/mol. The van der Waals surface area contributed by atoms with Crippen molar-refractivity contribution in [1.82, 2.24) is 14.9 Å². The highest BCUT2D eigenvalue weighted by molar-refractivity contribution is 6.16. The smallest absolute Gasteiger partial charge is 0.251 e. The molecular formula is C38H36FN3O5. The number of rotatable bonds is 10. The summed E-state index contributed by atoms with van der Waals surface area (Å²) in [5, 5.41) is 3.69. The van der Waals surface area contributed by atoms with E-state index in [0.717, 1.165) is 29.3 Å². The lowest BCUT2D eigenvalue weighted by atomic mass is 9.99. The number of fused-ring (bicyclic) bond motifs is 1. The van der Waals surface area contributed by atoms with Crippen molar-refractivity contribution < 1.29 is 28.2 Å². The van der Waals surface area contributed by atoms with E-state index in [1.54, 1.807) is 25.1 Å². The van der Waals surface area contributed by atoms with E-state index in [9.17, 15) is 14.0 Å². The van der Waals surface area contributed by atoms with Gasteiger partial charge in [-0.25, -0.2) is 4.39 Å². The molecule has 1 atom stereocenters. The minimum Gasteiger partial charge on any atom is -0.491 e. The number of carbonyl (C=O) groups is 2. The number of nitrogens with one attached hydrogen (secondary N) is 1. The Morgan fingerprint density at radius 2 is 1.85 bits per heavy atom. The molecule has 8 nitrogen and oxygen atoms in total. The lowest BCUT2D eigenvalue weighted by molar-refractivity contribution is -0.141. The van der Waals surface area contributed by atoms with Crippen LogP contribution in [0.3, 0.4) is 0 Å². The van der Waals surface area contributed by atoms with Crippen molar-refractivity contribution in [1.29, 1.82) is 0 Å². The molecule has 1 saturated heterocycles. The maximum atomic E-state index is 14.9. The maximum absolute atomic E-state index is 14.9. The average Bonchev–Trinajstić information content (AvgIpc) is 3.72. The van der Waals surface area contributed by atoms with E-state index >= 15 is 0 Å². The molecule has 0 bridgehead atoms. The van der Waals surface area contributed by atoms with Gasteiger partial charge in [0.15, 0.2) is 11.6 Å². The molecule has 3 aromatic carbocycles. The number of pyridine rings is 1. The number of carbonyl (C=O) groups excluding carboxylic acids is 2. The first-order chi connectivity index (χ1) is 22.6. The Balaban J connectivity index is 1.17. The molecule has 5 aromatic rings. The molecule has 240 valence electrons. The summed E-state index contributed by atoms with van der Waals surface area (Å²) in [6.45, 7) is 6.78. The summed E-state index contributed by atoms with van der Waals surface area (Å²) in [6.07, 6.45) is 5.08. The molecule has 1 aliphatic heterocycles. The van der Waals surface area contributed by atoms with Gasteiger partial charge in [0.25, 0.3) is 5.91 Å². The number of aromatic nitrogens is 2. The van der Waals surface area contributed by atoms with Crippen molar-refractivity contribution in [2.75, 3.05) is 13.2 Å². The molecule has 1 saturated carbocycles. The summed E-state index contributed by atoms with van der Waals surface area (Å²) < 4.78 is 34.6. The topological polar surface area (TPSA) is 91.7 Å². The van der Waals surface area contributed by atoms with Crippen LogP contribution in [0.2, 0.25) is 0 Å². The molecule has 2 aromatic heterocycles. The van der Waals surface area contributed by atoms with Crippen LogP contribution in [-0.2, 0) is 16.0 Å². The Hall–Kier alpha value is -4.86. The Labute approximate surface area is 272 Å². The molecule has 9 heteroatoms. The summed E-state index contributed by atoms with van der Waals surface area (Å²) >= 11 is 0. The molecule has 1 N–H and O–H groups in total. The third-order valence-corrected chi connectivity index (χ3v) is 8.62. The summed E-state index contributed by atoms with van der Waals surface area (Å²) in [7, 11) is 0. The van der Waals surface area contributed by atoms with Gasteiger partial charge in [0.2, 0.25) is 0 Å². The van der Waals surface area contributed by atoms with E-state index in [4.69, 9.17) is 14.2 Å². The molecule has 2 aliphatic rings. The molecule has 1 amide bonds. The predicted octanol–water partition coefficient (Wildman–Crippen LogP) is 6.85. The second-order valence-corrected chi connectivity index (χ2v) is 12.7. The number of ketones is 1. The van der Waals surface area contributed by atoms with Crippen LogP contribution in [0.25, 0.3) is 22.2 Å². The van der Waals surface area contributed by atoms with Crippen LogP contribution in [0.15, 0.2) is 85.2 Å². The maximum Gasteiger partial charge on any atom is 0.251 e. The second-order valence-electron chi connectivity index (χ2n) is 12.7. The van der Waals surface area contributed by atoms with Crippen molar-refractivity contribution in [3.63, 3.8) is 0 Å². The monoisotopic (exact) mass is 633 g/mol. The first kappa shape index (κ1) is 30.8. The van der Waals surface area contributed by atoms with E-state index in [1.165, 1.54) is 12.3 Å². The number of hydrogen-bond acceptors (Lipinski definition) is 6.